The molecule has 0 bridgehead atoms. The van der Waals surface area contributed by atoms with Gasteiger partial charge in [-0.2, -0.15) is 0 Å². The highest BCUT2D eigenvalue weighted by atomic mass is 35.5. The molecule has 2 aliphatic rings. The predicted molar refractivity (Wildman–Crippen MR) is 101 cm³/mol. The van der Waals surface area contributed by atoms with Gasteiger partial charge >= 0.3 is 0 Å². The third-order valence-corrected chi connectivity index (χ3v) is 5.55. The van der Waals surface area contributed by atoms with Crippen LogP contribution in [0.25, 0.3) is 0 Å². The van der Waals surface area contributed by atoms with E-state index in [-0.39, 0.29) is 0 Å². The normalized spacial score (nSPS) is 21.1. The Morgan fingerprint density at radius 2 is 2.04 bits per heavy atom. The van der Waals surface area contributed by atoms with Crippen LogP contribution < -0.4 is 10.2 Å². The molecule has 0 saturated carbocycles. The summed E-state index contributed by atoms with van der Waals surface area (Å²) >= 11 is 12.8. The molecule has 0 amide bonds. The largest absolute Gasteiger partial charge is 0.357 e. The van der Waals surface area contributed by atoms with Crippen molar-refractivity contribution in [1.29, 1.82) is 0 Å². The van der Waals surface area contributed by atoms with E-state index >= 15 is 0 Å². The van der Waals surface area contributed by atoms with Crippen LogP contribution >= 0.6 is 23.2 Å². The molecule has 1 N–H and O–H groups in total. The van der Waals surface area contributed by atoms with E-state index in [1.165, 1.54) is 22.4 Å². The molecular formula is C19H21Cl2N3. The molecule has 0 unspecified atom stereocenters. The number of hydrogen-bond donors (Lipinski definition) is 1. The van der Waals surface area contributed by atoms with Crippen molar-refractivity contribution in [2.24, 2.45) is 0 Å². The zero-order valence-electron chi connectivity index (χ0n) is 13.7. The molecule has 0 spiro atoms. The van der Waals surface area contributed by atoms with Crippen LogP contribution in [0.1, 0.15) is 22.6 Å². The van der Waals surface area contributed by atoms with Gasteiger partial charge in [-0.1, -0.05) is 35.3 Å². The monoisotopic (exact) mass is 361 g/mol. The lowest BCUT2D eigenvalue weighted by Gasteiger charge is -2.34. The number of nitrogens with one attached hydrogen (secondary N) is 1. The van der Waals surface area contributed by atoms with Gasteiger partial charge in [0.05, 0.1) is 6.67 Å². The molecule has 126 valence electrons. The highest BCUT2D eigenvalue weighted by Crippen LogP contribution is 2.39. The SMILES string of the molecule is CN1Cc2c(Cl)cc(Cl)cc2[C@H](c2cccc(N3CCNC3)c2)C1. The number of hydrogen-bond acceptors (Lipinski definition) is 3. The van der Waals surface area contributed by atoms with Crippen molar-refractivity contribution in [3.63, 3.8) is 0 Å². The van der Waals surface area contributed by atoms with E-state index in [1.54, 1.807) is 0 Å². The molecule has 1 saturated heterocycles. The van der Waals surface area contributed by atoms with E-state index in [0.29, 0.717) is 10.9 Å². The quantitative estimate of drug-likeness (QED) is 0.873. The summed E-state index contributed by atoms with van der Waals surface area (Å²) in [5.41, 5.74) is 5.07. The van der Waals surface area contributed by atoms with Crippen LogP contribution in [-0.4, -0.2) is 38.3 Å². The number of rotatable bonds is 2. The Labute approximate surface area is 153 Å². The van der Waals surface area contributed by atoms with Gasteiger partial charge in [0.2, 0.25) is 0 Å². The number of likely N-dealkylation sites (N-methyl/N-ethyl adjacent to an activating group) is 1. The van der Waals surface area contributed by atoms with Crippen LogP contribution in [0.2, 0.25) is 10.0 Å². The molecular weight excluding hydrogens is 341 g/mol. The van der Waals surface area contributed by atoms with Crippen LogP contribution in [-0.2, 0) is 6.54 Å². The fourth-order valence-electron chi connectivity index (χ4n) is 3.80. The van der Waals surface area contributed by atoms with Gasteiger partial charge in [-0.05, 0) is 48.0 Å². The lowest BCUT2D eigenvalue weighted by atomic mass is 9.84. The maximum atomic E-state index is 6.47. The van der Waals surface area contributed by atoms with Gasteiger partial charge in [0.1, 0.15) is 0 Å². The molecule has 3 nitrogen and oxygen atoms in total. The number of benzene rings is 2. The predicted octanol–water partition coefficient (Wildman–Crippen LogP) is 3.94. The summed E-state index contributed by atoms with van der Waals surface area (Å²) in [6.07, 6.45) is 0. The second-order valence-electron chi connectivity index (χ2n) is 6.72. The van der Waals surface area contributed by atoms with Gasteiger partial charge in [0.15, 0.2) is 0 Å². The molecule has 0 aromatic heterocycles. The maximum absolute atomic E-state index is 6.47. The third-order valence-electron chi connectivity index (χ3n) is 4.99. The van der Waals surface area contributed by atoms with Gasteiger partial charge in [-0.25, -0.2) is 0 Å². The minimum Gasteiger partial charge on any atom is -0.357 e. The number of fused-ring (bicyclic) bond motifs is 1. The molecule has 5 heteroatoms. The molecule has 2 aromatic carbocycles. The third kappa shape index (κ3) is 3.02. The highest BCUT2D eigenvalue weighted by Gasteiger charge is 2.27. The molecule has 2 heterocycles. The Bertz CT molecular complexity index is 756. The highest BCUT2D eigenvalue weighted by molar-refractivity contribution is 6.35. The summed E-state index contributed by atoms with van der Waals surface area (Å²) in [4.78, 5) is 4.71. The standard InChI is InChI=1S/C19H21Cl2N3/c1-23-10-17(16-8-14(20)9-19(21)18(16)11-23)13-3-2-4-15(7-13)24-6-5-22-12-24/h2-4,7-9,17,22H,5-6,10-12H2,1H3/t17-/m0/s1. The van der Waals surface area contributed by atoms with Crippen molar-refractivity contribution in [1.82, 2.24) is 10.2 Å². The summed E-state index contributed by atoms with van der Waals surface area (Å²) in [6.45, 7) is 4.87. The van der Waals surface area contributed by atoms with Crippen molar-refractivity contribution in [2.45, 2.75) is 12.5 Å². The molecule has 4 rings (SSSR count). The molecule has 24 heavy (non-hydrogen) atoms. The second kappa shape index (κ2) is 6.57. The topological polar surface area (TPSA) is 18.5 Å². The average molecular weight is 362 g/mol. The number of anilines is 1. The summed E-state index contributed by atoms with van der Waals surface area (Å²) < 4.78 is 0. The van der Waals surface area contributed by atoms with Crippen LogP contribution in [0.15, 0.2) is 36.4 Å². The van der Waals surface area contributed by atoms with Crippen LogP contribution in [0.5, 0.6) is 0 Å². The molecule has 0 aliphatic carbocycles. The summed E-state index contributed by atoms with van der Waals surface area (Å²) in [5.74, 6) is 0.297. The zero-order chi connectivity index (χ0) is 16.7. The molecule has 2 aromatic rings. The van der Waals surface area contributed by atoms with E-state index in [0.717, 1.165) is 37.9 Å². The second-order valence-corrected chi connectivity index (χ2v) is 7.56. The molecule has 1 atom stereocenters. The number of halogens is 2. The van der Waals surface area contributed by atoms with Gasteiger partial charge < -0.3 is 9.80 Å². The smallest absolute Gasteiger partial charge is 0.0683 e. The fourth-order valence-corrected chi connectivity index (χ4v) is 4.37. The van der Waals surface area contributed by atoms with Crippen molar-refractivity contribution in [3.8, 4) is 0 Å². The first-order valence-corrected chi connectivity index (χ1v) is 9.09. The van der Waals surface area contributed by atoms with E-state index in [4.69, 9.17) is 23.2 Å². The van der Waals surface area contributed by atoms with Crippen molar-refractivity contribution in [3.05, 3.63) is 63.1 Å². The Hall–Kier alpha value is -1.26. The van der Waals surface area contributed by atoms with Crippen molar-refractivity contribution in [2.75, 3.05) is 38.3 Å². The van der Waals surface area contributed by atoms with Gasteiger partial charge in [0, 0.05) is 47.8 Å². The van der Waals surface area contributed by atoms with Crippen LogP contribution in [0, 0.1) is 0 Å². The minimum absolute atomic E-state index is 0.297. The maximum Gasteiger partial charge on any atom is 0.0683 e. The van der Waals surface area contributed by atoms with Crippen LogP contribution in [0.3, 0.4) is 0 Å². The van der Waals surface area contributed by atoms with E-state index < -0.39 is 0 Å². The van der Waals surface area contributed by atoms with E-state index in [9.17, 15) is 0 Å². The lowest BCUT2D eigenvalue weighted by Crippen LogP contribution is -2.31. The fraction of sp³-hybridized carbons (Fsp3) is 0.368. The summed E-state index contributed by atoms with van der Waals surface area (Å²) in [5, 5.41) is 4.88. The van der Waals surface area contributed by atoms with Crippen molar-refractivity contribution >= 4 is 28.9 Å². The lowest BCUT2D eigenvalue weighted by molar-refractivity contribution is 0.295. The molecule has 2 aliphatic heterocycles. The Kier molecular flexibility index (Phi) is 4.44. The van der Waals surface area contributed by atoms with Gasteiger partial charge in [-0.15, -0.1) is 0 Å². The summed E-state index contributed by atoms with van der Waals surface area (Å²) in [7, 11) is 2.15. The van der Waals surface area contributed by atoms with E-state index in [2.05, 4.69) is 52.5 Å². The summed E-state index contributed by atoms with van der Waals surface area (Å²) in [6, 6.07) is 12.8. The molecule has 0 radical (unpaired) electrons. The Morgan fingerprint density at radius 3 is 2.83 bits per heavy atom. The average Bonchev–Trinajstić information content (AvgIpc) is 3.10. The Balaban J connectivity index is 1.76. The van der Waals surface area contributed by atoms with E-state index in [1.807, 2.05) is 6.07 Å². The first-order valence-electron chi connectivity index (χ1n) is 8.34. The van der Waals surface area contributed by atoms with Crippen molar-refractivity contribution < 1.29 is 0 Å². The minimum atomic E-state index is 0.297. The van der Waals surface area contributed by atoms with Crippen LogP contribution in [0.4, 0.5) is 5.69 Å². The Morgan fingerprint density at radius 1 is 1.17 bits per heavy atom. The first kappa shape index (κ1) is 16.2. The number of nitrogens with zero attached hydrogens (tertiary/aromatic N) is 2. The van der Waals surface area contributed by atoms with Gasteiger partial charge in [-0.3, -0.25) is 5.32 Å². The zero-order valence-corrected chi connectivity index (χ0v) is 15.2. The first-order chi connectivity index (χ1) is 11.6. The molecule has 1 fully saturated rings. The van der Waals surface area contributed by atoms with Gasteiger partial charge in [0.25, 0.3) is 0 Å².